The molecule has 1 saturated carbocycles. The van der Waals surface area contributed by atoms with Gasteiger partial charge < -0.3 is 10.1 Å². The van der Waals surface area contributed by atoms with Crippen LogP contribution in [0.2, 0.25) is 0 Å². The first kappa shape index (κ1) is 10.3. The molecule has 0 amide bonds. The summed E-state index contributed by atoms with van der Waals surface area (Å²) in [6.07, 6.45) is 4.40. The molecular formula is C12H18N2O. The highest BCUT2D eigenvalue weighted by atomic mass is 16.5. The van der Waals surface area contributed by atoms with Crippen molar-refractivity contribution in [3.05, 3.63) is 18.3 Å². The fourth-order valence-electron chi connectivity index (χ4n) is 1.81. The van der Waals surface area contributed by atoms with Crippen LogP contribution < -0.4 is 10.1 Å². The molecule has 2 rings (SSSR count). The first-order valence-corrected chi connectivity index (χ1v) is 5.40. The molecule has 1 fully saturated rings. The van der Waals surface area contributed by atoms with E-state index in [0.717, 1.165) is 17.5 Å². The zero-order chi connectivity index (χ0) is 10.9. The largest absolute Gasteiger partial charge is 0.495 e. The molecule has 15 heavy (non-hydrogen) atoms. The zero-order valence-corrected chi connectivity index (χ0v) is 9.58. The summed E-state index contributed by atoms with van der Waals surface area (Å²) >= 11 is 0. The predicted octanol–water partition coefficient (Wildman–Crippen LogP) is 2.69. The van der Waals surface area contributed by atoms with E-state index in [2.05, 4.69) is 24.1 Å². The minimum atomic E-state index is 0.154. The molecule has 1 aliphatic rings. The van der Waals surface area contributed by atoms with E-state index >= 15 is 0 Å². The lowest BCUT2D eigenvalue weighted by atomic mass is 9.99. The number of anilines is 1. The van der Waals surface area contributed by atoms with Crippen molar-refractivity contribution in [1.29, 1.82) is 0 Å². The highest BCUT2D eigenvalue weighted by Gasteiger charge is 2.37. The molecule has 0 saturated heterocycles. The van der Waals surface area contributed by atoms with Crippen molar-refractivity contribution in [2.75, 3.05) is 12.4 Å². The molecule has 0 bridgehead atoms. The molecule has 1 heterocycles. The maximum absolute atomic E-state index is 5.07. The van der Waals surface area contributed by atoms with Gasteiger partial charge in [0.15, 0.2) is 0 Å². The third kappa shape index (κ3) is 2.41. The van der Waals surface area contributed by atoms with Crippen molar-refractivity contribution in [2.45, 2.75) is 32.2 Å². The highest BCUT2D eigenvalue weighted by molar-refractivity contribution is 5.40. The van der Waals surface area contributed by atoms with Gasteiger partial charge in [0, 0.05) is 5.54 Å². The average molecular weight is 206 g/mol. The molecule has 0 unspecified atom stereocenters. The Balaban J connectivity index is 2.03. The van der Waals surface area contributed by atoms with Crippen molar-refractivity contribution in [2.24, 2.45) is 5.92 Å². The monoisotopic (exact) mass is 206 g/mol. The number of hydrogen-bond acceptors (Lipinski definition) is 3. The Hall–Kier alpha value is -1.25. The summed E-state index contributed by atoms with van der Waals surface area (Å²) in [5, 5.41) is 3.46. The van der Waals surface area contributed by atoms with E-state index in [4.69, 9.17) is 4.74 Å². The minimum absolute atomic E-state index is 0.154. The van der Waals surface area contributed by atoms with Gasteiger partial charge in [0.25, 0.3) is 0 Å². The van der Waals surface area contributed by atoms with Crippen molar-refractivity contribution in [1.82, 2.24) is 4.98 Å². The van der Waals surface area contributed by atoms with Gasteiger partial charge in [-0.3, -0.25) is 0 Å². The maximum atomic E-state index is 5.07. The Morgan fingerprint density at radius 2 is 2.13 bits per heavy atom. The molecule has 0 atom stereocenters. The maximum Gasteiger partial charge on any atom is 0.137 e. The molecule has 82 valence electrons. The first-order chi connectivity index (χ1) is 7.12. The number of rotatable bonds is 4. The van der Waals surface area contributed by atoms with E-state index in [1.54, 1.807) is 13.3 Å². The van der Waals surface area contributed by atoms with Crippen LogP contribution >= 0.6 is 0 Å². The molecular weight excluding hydrogens is 188 g/mol. The Labute approximate surface area is 90.9 Å². The van der Waals surface area contributed by atoms with Crippen LogP contribution in [0.5, 0.6) is 5.75 Å². The molecule has 0 aliphatic heterocycles. The summed E-state index contributed by atoms with van der Waals surface area (Å²) in [6.45, 7) is 4.47. The second-order valence-electron chi connectivity index (χ2n) is 4.70. The molecule has 0 radical (unpaired) electrons. The predicted molar refractivity (Wildman–Crippen MR) is 61.2 cm³/mol. The van der Waals surface area contributed by atoms with Gasteiger partial charge in [0.05, 0.1) is 13.3 Å². The lowest BCUT2D eigenvalue weighted by Gasteiger charge is -2.26. The molecule has 0 spiro atoms. The number of nitrogens with zero attached hydrogens (tertiary/aromatic N) is 1. The normalized spacial score (nSPS) is 16.2. The number of aromatic nitrogens is 1. The van der Waals surface area contributed by atoms with Crippen LogP contribution in [0.15, 0.2) is 18.3 Å². The minimum Gasteiger partial charge on any atom is -0.495 e. The number of nitrogens with one attached hydrogen (secondary N) is 1. The number of methoxy groups -OCH3 is 1. The first-order valence-electron chi connectivity index (χ1n) is 5.40. The van der Waals surface area contributed by atoms with Gasteiger partial charge >= 0.3 is 0 Å². The SMILES string of the molecule is COc1ccc(NC(C)(C)C2CC2)nc1. The third-order valence-electron chi connectivity index (χ3n) is 3.02. The van der Waals surface area contributed by atoms with Crippen molar-refractivity contribution < 1.29 is 4.74 Å². The van der Waals surface area contributed by atoms with E-state index in [0.29, 0.717) is 0 Å². The van der Waals surface area contributed by atoms with Crippen LogP contribution in [0, 0.1) is 5.92 Å². The lowest BCUT2D eigenvalue weighted by Crippen LogP contribution is -2.33. The molecule has 1 aliphatic carbocycles. The molecule has 1 aromatic rings. The van der Waals surface area contributed by atoms with E-state index in [1.165, 1.54) is 12.8 Å². The molecule has 0 aromatic carbocycles. The van der Waals surface area contributed by atoms with E-state index < -0.39 is 0 Å². The van der Waals surface area contributed by atoms with Crippen molar-refractivity contribution in [3.63, 3.8) is 0 Å². The number of hydrogen-bond donors (Lipinski definition) is 1. The smallest absolute Gasteiger partial charge is 0.137 e. The quantitative estimate of drug-likeness (QED) is 0.822. The van der Waals surface area contributed by atoms with Gasteiger partial charge in [-0.05, 0) is 44.7 Å². The standard InChI is InChI=1S/C12H18N2O/c1-12(2,9-4-5-9)14-11-7-6-10(15-3)8-13-11/h6-9H,4-5H2,1-3H3,(H,13,14). The van der Waals surface area contributed by atoms with Crippen LogP contribution in [-0.2, 0) is 0 Å². The fraction of sp³-hybridized carbons (Fsp3) is 0.583. The summed E-state index contributed by atoms with van der Waals surface area (Å²) in [4.78, 5) is 4.31. The Morgan fingerprint density at radius 1 is 1.40 bits per heavy atom. The van der Waals surface area contributed by atoms with Crippen LogP contribution in [0.4, 0.5) is 5.82 Å². The van der Waals surface area contributed by atoms with Crippen LogP contribution in [0.1, 0.15) is 26.7 Å². The van der Waals surface area contributed by atoms with Gasteiger partial charge in [0.2, 0.25) is 0 Å². The van der Waals surface area contributed by atoms with Crippen LogP contribution in [0.3, 0.4) is 0 Å². The van der Waals surface area contributed by atoms with Crippen LogP contribution in [-0.4, -0.2) is 17.6 Å². The second kappa shape index (κ2) is 3.72. The molecule has 3 heteroatoms. The Bertz CT molecular complexity index is 328. The topological polar surface area (TPSA) is 34.1 Å². The molecule has 1 aromatic heterocycles. The van der Waals surface area contributed by atoms with Gasteiger partial charge in [-0.1, -0.05) is 0 Å². The highest BCUT2D eigenvalue weighted by Crippen LogP contribution is 2.40. The van der Waals surface area contributed by atoms with Crippen LogP contribution in [0.25, 0.3) is 0 Å². The van der Waals surface area contributed by atoms with Crippen molar-refractivity contribution in [3.8, 4) is 5.75 Å². The lowest BCUT2D eigenvalue weighted by molar-refractivity contribution is 0.412. The zero-order valence-electron chi connectivity index (χ0n) is 9.58. The van der Waals surface area contributed by atoms with Gasteiger partial charge in [0.1, 0.15) is 11.6 Å². The van der Waals surface area contributed by atoms with E-state index in [9.17, 15) is 0 Å². The summed E-state index contributed by atoms with van der Waals surface area (Å²) in [5.41, 5.74) is 0.154. The summed E-state index contributed by atoms with van der Waals surface area (Å²) in [6, 6.07) is 3.89. The summed E-state index contributed by atoms with van der Waals surface area (Å²) in [7, 11) is 1.65. The molecule has 3 nitrogen and oxygen atoms in total. The Morgan fingerprint density at radius 3 is 2.60 bits per heavy atom. The summed E-state index contributed by atoms with van der Waals surface area (Å²) in [5.74, 6) is 2.51. The van der Waals surface area contributed by atoms with E-state index in [1.807, 2.05) is 12.1 Å². The number of pyridine rings is 1. The molecule has 1 N–H and O–H groups in total. The summed E-state index contributed by atoms with van der Waals surface area (Å²) < 4.78 is 5.07. The van der Waals surface area contributed by atoms with Gasteiger partial charge in [-0.2, -0.15) is 0 Å². The van der Waals surface area contributed by atoms with Crippen molar-refractivity contribution >= 4 is 5.82 Å². The fourth-order valence-corrected chi connectivity index (χ4v) is 1.81. The third-order valence-corrected chi connectivity index (χ3v) is 3.02. The Kier molecular flexibility index (Phi) is 2.55. The van der Waals surface area contributed by atoms with Gasteiger partial charge in [-0.25, -0.2) is 4.98 Å². The van der Waals surface area contributed by atoms with Gasteiger partial charge in [-0.15, -0.1) is 0 Å². The number of ether oxygens (including phenoxy) is 1. The average Bonchev–Trinajstić information content (AvgIpc) is 3.01. The van der Waals surface area contributed by atoms with E-state index in [-0.39, 0.29) is 5.54 Å². The second-order valence-corrected chi connectivity index (χ2v) is 4.70.